The molecule has 1 aliphatic rings. The zero-order valence-corrected chi connectivity index (χ0v) is 17.4. The summed E-state index contributed by atoms with van der Waals surface area (Å²) >= 11 is 12.3. The van der Waals surface area contributed by atoms with E-state index in [0.717, 1.165) is 5.56 Å². The smallest absolute Gasteiger partial charge is 0.251 e. The standard InChI is InChI=1S/C19H20Cl2N2O4S/c20-17-5-2-6-18(21)16(17)7-8-22-19(24)14-3-1-4-15(13-14)28(25,26)23-9-11-27-12-10-23/h1-6,13H,7-12H2,(H,22,24). The molecular formula is C19H20Cl2N2O4S. The van der Waals surface area contributed by atoms with Crippen LogP contribution in [0.4, 0.5) is 0 Å². The molecule has 1 fully saturated rings. The van der Waals surface area contributed by atoms with Crippen molar-refractivity contribution >= 4 is 39.1 Å². The number of sulfonamides is 1. The van der Waals surface area contributed by atoms with Crippen molar-refractivity contribution in [3.05, 3.63) is 63.6 Å². The lowest BCUT2D eigenvalue weighted by molar-refractivity contribution is 0.0730. The summed E-state index contributed by atoms with van der Waals surface area (Å²) in [4.78, 5) is 12.5. The largest absolute Gasteiger partial charge is 0.379 e. The minimum Gasteiger partial charge on any atom is -0.379 e. The predicted molar refractivity (Wildman–Crippen MR) is 109 cm³/mol. The molecule has 1 heterocycles. The zero-order valence-electron chi connectivity index (χ0n) is 15.0. The molecule has 150 valence electrons. The lowest BCUT2D eigenvalue weighted by Crippen LogP contribution is -2.40. The van der Waals surface area contributed by atoms with Gasteiger partial charge in [0.25, 0.3) is 5.91 Å². The van der Waals surface area contributed by atoms with E-state index in [2.05, 4.69) is 5.32 Å². The van der Waals surface area contributed by atoms with E-state index in [9.17, 15) is 13.2 Å². The van der Waals surface area contributed by atoms with Gasteiger partial charge in [-0.2, -0.15) is 4.31 Å². The minimum atomic E-state index is -3.65. The number of carbonyl (C=O) groups excluding carboxylic acids is 1. The van der Waals surface area contributed by atoms with Crippen LogP contribution in [0.15, 0.2) is 47.4 Å². The summed E-state index contributed by atoms with van der Waals surface area (Å²) in [6.45, 7) is 1.66. The van der Waals surface area contributed by atoms with Crippen LogP contribution in [0.2, 0.25) is 10.0 Å². The maximum absolute atomic E-state index is 12.7. The number of nitrogens with one attached hydrogen (secondary N) is 1. The van der Waals surface area contributed by atoms with E-state index < -0.39 is 10.0 Å². The minimum absolute atomic E-state index is 0.0937. The third-order valence-electron chi connectivity index (χ3n) is 4.43. The summed E-state index contributed by atoms with van der Waals surface area (Å²) in [5.41, 5.74) is 1.04. The molecule has 0 unspecified atom stereocenters. The van der Waals surface area contributed by atoms with Crippen molar-refractivity contribution in [3.63, 3.8) is 0 Å². The van der Waals surface area contributed by atoms with Gasteiger partial charge in [0.2, 0.25) is 10.0 Å². The average molecular weight is 443 g/mol. The van der Waals surface area contributed by atoms with Crippen LogP contribution >= 0.6 is 23.2 Å². The van der Waals surface area contributed by atoms with E-state index in [0.29, 0.717) is 49.3 Å². The number of ether oxygens (including phenoxy) is 1. The van der Waals surface area contributed by atoms with Gasteiger partial charge in [0.15, 0.2) is 0 Å². The van der Waals surface area contributed by atoms with Gasteiger partial charge in [-0.1, -0.05) is 35.3 Å². The summed E-state index contributed by atoms with van der Waals surface area (Å²) in [7, 11) is -3.65. The van der Waals surface area contributed by atoms with E-state index in [1.807, 2.05) is 0 Å². The molecule has 1 amide bonds. The molecular weight excluding hydrogens is 423 g/mol. The molecule has 1 N–H and O–H groups in total. The molecule has 2 aromatic carbocycles. The number of benzene rings is 2. The first kappa shape index (κ1) is 21.1. The van der Waals surface area contributed by atoms with E-state index >= 15 is 0 Å². The van der Waals surface area contributed by atoms with Crippen LogP contribution in [0, 0.1) is 0 Å². The maximum atomic E-state index is 12.7. The van der Waals surface area contributed by atoms with Gasteiger partial charge in [-0.3, -0.25) is 4.79 Å². The Morgan fingerprint density at radius 2 is 1.71 bits per heavy atom. The van der Waals surface area contributed by atoms with Crippen LogP contribution in [0.25, 0.3) is 0 Å². The molecule has 0 radical (unpaired) electrons. The van der Waals surface area contributed by atoms with Crippen LogP contribution in [-0.2, 0) is 21.2 Å². The third-order valence-corrected chi connectivity index (χ3v) is 7.03. The summed E-state index contributed by atoms with van der Waals surface area (Å²) in [6.07, 6.45) is 0.468. The van der Waals surface area contributed by atoms with Gasteiger partial charge in [0, 0.05) is 35.2 Å². The molecule has 0 atom stereocenters. The SMILES string of the molecule is O=C(NCCc1c(Cl)cccc1Cl)c1cccc(S(=O)(=O)N2CCOCC2)c1. The van der Waals surface area contributed by atoms with E-state index in [-0.39, 0.29) is 16.4 Å². The van der Waals surface area contributed by atoms with Gasteiger partial charge < -0.3 is 10.1 Å². The first-order valence-electron chi connectivity index (χ1n) is 8.78. The van der Waals surface area contributed by atoms with Crippen LogP contribution in [0.3, 0.4) is 0 Å². The Morgan fingerprint density at radius 1 is 1.07 bits per heavy atom. The summed E-state index contributed by atoms with van der Waals surface area (Å²) < 4.78 is 32.1. The van der Waals surface area contributed by atoms with Gasteiger partial charge in [-0.15, -0.1) is 0 Å². The van der Waals surface area contributed by atoms with Crippen molar-refractivity contribution in [2.45, 2.75) is 11.3 Å². The second-order valence-electron chi connectivity index (χ2n) is 6.25. The Bertz CT molecular complexity index is 940. The number of hydrogen-bond acceptors (Lipinski definition) is 4. The first-order chi connectivity index (χ1) is 13.4. The molecule has 9 heteroatoms. The highest BCUT2D eigenvalue weighted by atomic mass is 35.5. The highest BCUT2D eigenvalue weighted by molar-refractivity contribution is 7.89. The fraction of sp³-hybridized carbons (Fsp3) is 0.316. The molecule has 0 aromatic heterocycles. The maximum Gasteiger partial charge on any atom is 0.251 e. The van der Waals surface area contributed by atoms with Gasteiger partial charge in [0.05, 0.1) is 18.1 Å². The quantitative estimate of drug-likeness (QED) is 0.745. The number of halogens is 2. The topological polar surface area (TPSA) is 75.7 Å². The second kappa shape index (κ2) is 9.24. The van der Waals surface area contributed by atoms with E-state index in [1.165, 1.54) is 16.4 Å². The molecule has 28 heavy (non-hydrogen) atoms. The Labute approximate surface area is 174 Å². The number of amides is 1. The monoisotopic (exact) mass is 442 g/mol. The van der Waals surface area contributed by atoms with Gasteiger partial charge in [-0.25, -0.2) is 8.42 Å². The van der Waals surface area contributed by atoms with Crippen LogP contribution in [-0.4, -0.2) is 51.5 Å². The average Bonchev–Trinajstić information content (AvgIpc) is 2.71. The molecule has 1 saturated heterocycles. The molecule has 6 nitrogen and oxygen atoms in total. The van der Waals surface area contributed by atoms with Crippen LogP contribution < -0.4 is 5.32 Å². The van der Waals surface area contributed by atoms with Crippen LogP contribution in [0.1, 0.15) is 15.9 Å². The van der Waals surface area contributed by atoms with Crippen molar-refractivity contribution in [2.75, 3.05) is 32.8 Å². The molecule has 3 rings (SSSR count). The lowest BCUT2D eigenvalue weighted by atomic mass is 10.1. The Hall–Kier alpha value is -1.64. The predicted octanol–water partition coefficient (Wildman–Crippen LogP) is 2.99. The molecule has 0 aliphatic carbocycles. The second-order valence-corrected chi connectivity index (χ2v) is 9.00. The van der Waals surface area contributed by atoms with Gasteiger partial charge >= 0.3 is 0 Å². The van der Waals surface area contributed by atoms with E-state index in [4.69, 9.17) is 27.9 Å². The number of carbonyl (C=O) groups is 1. The highest BCUT2D eigenvalue weighted by Crippen LogP contribution is 2.24. The van der Waals surface area contributed by atoms with Crippen molar-refractivity contribution in [2.24, 2.45) is 0 Å². The third kappa shape index (κ3) is 4.85. The Kier molecular flexibility index (Phi) is 6.95. The number of morpholine rings is 1. The molecule has 0 spiro atoms. The summed E-state index contributed by atoms with van der Waals surface area (Å²) in [6, 6.07) is 11.3. The Morgan fingerprint density at radius 3 is 2.39 bits per heavy atom. The van der Waals surface area contributed by atoms with Crippen molar-refractivity contribution in [1.29, 1.82) is 0 Å². The molecule has 0 saturated carbocycles. The normalized spacial score (nSPS) is 15.4. The zero-order chi connectivity index (χ0) is 20.1. The van der Waals surface area contributed by atoms with Crippen molar-refractivity contribution in [3.8, 4) is 0 Å². The molecule has 0 bridgehead atoms. The summed E-state index contributed by atoms with van der Waals surface area (Å²) in [5, 5.41) is 3.86. The van der Waals surface area contributed by atoms with Crippen LogP contribution in [0.5, 0.6) is 0 Å². The van der Waals surface area contributed by atoms with Gasteiger partial charge in [-0.05, 0) is 42.3 Å². The lowest BCUT2D eigenvalue weighted by Gasteiger charge is -2.26. The van der Waals surface area contributed by atoms with Crippen molar-refractivity contribution in [1.82, 2.24) is 9.62 Å². The van der Waals surface area contributed by atoms with Crippen molar-refractivity contribution < 1.29 is 17.9 Å². The highest BCUT2D eigenvalue weighted by Gasteiger charge is 2.26. The first-order valence-corrected chi connectivity index (χ1v) is 11.0. The van der Waals surface area contributed by atoms with Gasteiger partial charge in [0.1, 0.15) is 0 Å². The molecule has 2 aromatic rings. The number of hydrogen-bond donors (Lipinski definition) is 1. The number of rotatable bonds is 6. The Balaban J connectivity index is 1.67. The fourth-order valence-corrected chi connectivity index (χ4v) is 4.95. The fourth-order valence-electron chi connectivity index (χ4n) is 2.91. The molecule has 1 aliphatic heterocycles. The number of nitrogens with zero attached hydrogens (tertiary/aromatic N) is 1. The summed E-state index contributed by atoms with van der Waals surface area (Å²) in [5.74, 6) is -0.359. The van der Waals surface area contributed by atoms with E-state index in [1.54, 1.807) is 30.3 Å².